The van der Waals surface area contributed by atoms with Crippen molar-refractivity contribution < 1.29 is 41.5 Å². The molecule has 0 saturated carbocycles. The van der Waals surface area contributed by atoms with E-state index in [-0.39, 0.29) is 52.5 Å². The van der Waals surface area contributed by atoms with Crippen molar-refractivity contribution in [2.75, 3.05) is 13.0 Å². The van der Waals surface area contributed by atoms with Crippen LogP contribution in [0.1, 0.15) is 116 Å². The predicted octanol–water partition coefficient (Wildman–Crippen LogP) is 12.4. The van der Waals surface area contributed by atoms with Gasteiger partial charge in [-0.05, 0) is 53.3 Å². The van der Waals surface area contributed by atoms with Gasteiger partial charge in [0.2, 0.25) is 0 Å². The van der Waals surface area contributed by atoms with Gasteiger partial charge in [-0.1, -0.05) is 131 Å². The highest BCUT2D eigenvalue weighted by Crippen LogP contribution is 2.55. The minimum absolute atomic E-state index is 0.00449. The molecule has 1 aliphatic heterocycles. The fraction of sp³-hybridized carbons (Fsp3) is 0.556. The summed E-state index contributed by atoms with van der Waals surface area (Å²) < 4.78 is 59.0. The largest absolute Gasteiger partial charge is 0.466 e. The smallest absolute Gasteiger partial charge is 0.402 e. The van der Waals surface area contributed by atoms with Gasteiger partial charge < -0.3 is 27.7 Å². The number of aromatic nitrogens is 1. The lowest BCUT2D eigenvalue weighted by Crippen LogP contribution is -2.63. The maximum atomic E-state index is 14.5. The van der Waals surface area contributed by atoms with E-state index in [0.29, 0.717) is 13.0 Å². The van der Waals surface area contributed by atoms with Crippen molar-refractivity contribution in [1.82, 2.24) is 4.98 Å². The molecule has 0 spiro atoms. The number of esters is 1. The lowest BCUT2D eigenvalue weighted by molar-refractivity contribution is -0.146. The van der Waals surface area contributed by atoms with E-state index >= 15 is 0 Å². The number of benzene rings is 2. The number of pyridine rings is 1. The van der Waals surface area contributed by atoms with Crippen LogP contribution in [0.25, 0.3) is 17.2 Å². The number of nitrogens with zero attached hydrogens (tertiary/aromatic N) is 1. The fourth-order valence-electron chi connectivity index (χ4n) is 7.62. The van der Waals surface area contributed by atoms with Gasteiger partial charge in [-0.3, -0.25) is 9.78 Å². The summed E-state index contributed by atoms with van der Waals surface area (Å²) in [5.74, 6) is -0.408. The monoisotopic (exact) mass is 855 g/mol. The Kier molecular flexibility index (Phi) is 15.8. The van der Waals surface area contributed by atoms with Gasteiger partial charge in [-0.2, -0.15) is 0 Å². The molecule has 13 heteroatoms. The zero-order chi connectivity index (χ0) is 43.3. The molecule has 320 valence electrons. The van der Waals surface area contributed by atoms with Gasteiger partial charge in [0.25, 0.3) is 0 Å². The molecule has 4 rings (SSSR count). The second kappa shape index (κ2) is 19.2. The van der Waals surface area contributed by atoms with Gasteiger partial charge in [0.1, 0.15) is 11.6 Å². The van der Waals surface area contributed by atoms with E-state index in [1.165, 1.54) is 12.1 Å². The summed E-state index contributed by atoms with van der Waals surface area (Å²) in [5, 5.41) is -0.692. The first-order valence-electron chi connectivity index (χ1n) is 20.5. The Bertz CT molecular complexity index is 1900. The molecule has 2 heterocycles. The van der Waals surface area contributed by atoms with Gasteiger partial charge in [0.15, 0.2) is 6.35 Å². The van der Waals surface area contributed by atoms with E-state index in [0.717, 1.165) is 39.7 Å². The maximum absolute atomic E-state index is 14.5. The van der Waals surface area contributed by atoms with E-state index in [4.69, 9.17) is 27.8 Å². The average molecular weight is 856 g/mol. The van der Waals surface area contributed by atoms with E-state index in [9.17, 15) is 18.6 Å². The SMILES string of the molecule is CC(C)c1nc(C(C)C)c(COCP(=O)(O)Oc2ccccc2)c(-c2ccc(F)cc2)c1C=C[C@@H]1C[C@H](CC(=O)OCC[Si](C)(C)C)O[Si](C(C)(C)C)(C(C)(C)C)O1. The number of rotatable bonds is 16. The maximum Gasteiger partial charge on any atom is 0.402 e. The third-order valence-corrected chi connectivity index (χ3v) is 18.2. The molecule has 2 aromatic carbocycles. The first-order chi connectivity index (χ1) is 26.8. The highest BCUT2D eigenvalue weighted by molar-refractivity contribution is 7.53. The second-order valence-electron chi connectivity index (χ2n) is 19.3. The highest BCUT2D eigenvalue weighted by Gasteiger charge is 2.62. The van der Waals surface area contributed by atoms with E-state index in [1.54, 1.807) is 42.5 Å². The summed E-state index contributed by atoms with van der Waals surface area (Å²) in [6.07, 6.45) is 3.30. The summed E-state index contributed by atoms with van der Waals surface area (Å²) in [4.78, 5) is 29.3. The number of hydrogen-bond acceptors (Lipinski definition) is 8. The first kappa shape index (κ1) is 47.7. The van der Waals surface area contributed by atoms with Gasteiger partial charge in [0.05, 0.1) is 37.5 Å². The molecule has 1 N–H and O–H groups in total. The van der Waals surface area contributed by atoms with Crippen LogP contribution in [0.3, 0.4) is 0 Å². The molecule has 0 amide bonds. The lowest BCUT2D eigenvalue weighted by atomic mass is 9.87. The molecule has 3 atom stereocenters. The molecule has 0 radical (unpaired) electrons. The third-order valence-electron chi connectivity index (χ3n) is 10.2. The van der Waals surface area contributed by atoms with Crippen molar-refractivity contribution in [3.05, 3.63) is 89.0 Å². The standard InChI is InChI=1S/C45H67FNO8PSi2/c1-31(2)42-38(24-23-36-27-37(28-40(48)52-25-26-57(11,12)13)55-58(54-36,44(5,6)7)45(8,9)10)41(33-19-21-34(46)22-20-33)39(43(47-42)32(3)4)29-51-30-56(49,50)53-35-17-15-14-16-18-35/h14-24,31-32,36-37H,25-30H2,1-13H3,(H,49,50)/t36-,37-/m1/s1. The summed E-state index contributed by atoms with van der Waals surface area (Å²) in [6.45, 7) is 28.3. The Labute approximate surface area is 348 Å². The number of hydrogen-bond donors (Lipinski definition) is 1. The minimum Gasteiger partial charge on any atom is -0.466 e. The van der Waals surface area contributed by atoms with Gasteiger partial charge >= 0.3 is 22.1 Å². The molecule has 58 heavy (non-hydrogen) atoms. The van der Waals surface area contributed by atoms with Crippen LogP contribution in [-0.4, -0.2) is 57.6 Å². The summed E-state index contributed by atoms with van der Waals surface area (Å²) in [6, 6.07) is 15.7. The fourth-order valence-corrected chi connectivity index (χ4v) is 14.1. The van der Waals surface area contributed by atoms with Crippen molar-refractivity contribution in [2.24, 2.45) is 0 Å². The van der Waals surface area contributed by atoms with Crippen molar-refractivity contribution >= 4 is 36.3 Å². The number of carbonyl (C=O) groups is 1. The molecule has 1 aromatic heterocycles. The molecular weight excluding hydrogens is 789 g/mol. The second-order valence-corrected chi connectivity index (χ2v) is 31.4. The van der Waals surface area contributed by atoms with E-state index in [1.807, 2.05) is 19.9 Å². The van der Waals surface area contributed by atoms with Crippen LogP contribution in [0, 0.1) is 5.82 Å². The molecular formula is C45H67FNO8PSi2. The summed E-state index contributed by atoms with van der Waals surface area (Å²) in [5.41, 5.74) is 4.70. The zero-order valence-corrected chi connectivity index (χ0v) is 39.9. The van der Waals surface area contributed by atoms with Crippen molar-refractivity contribution in [3.63, 3.8) is 0 Å². The van der Waals surface area contributed by atoms with Crippen LogP contribution >= 0.6 is 7.60 Å². The van der Waals surface area contributed by atoms with Crippen LogP contribution < -0.4 is 4.52 Å². The third kappa shape index (κ3) is 12.5. The average Bonchev–Trinajstić information content (AvgIpc) is 3.09. The molecule has 1 unspecified atom stereocenters. The van der Waals surface area contributed by atoms with Crippen LogP contribution in [0.2, 0.25) is 35.8 Å². The topological polar surface area (TPSA) is 113 Å². The first-order valence-corrected chi connectivity index (χ1v) is 27.8. The van der Waals surface area contributed by atoms with Crippen LogP contribution in [-0.2, 0) is 34.3 Å². The van der Waals surface area contributed by atoms with Crippen LogP contribution in [0.5, 0.6) is 5.75 Å². The molecule has 1 aliphatic rings. The molecule has 9 nitrogen and oxygen atoms in total. The van der Waals surface area contributed by atoms with Crippen LogP contribution in [0.15, 0.2) is 60.7 Å². The van der Waals surface area contributed by atoms with Gasteiger partial charge in [-0.25, -0.2) is 8.96 Å². The van der Waals surface area contributed by atoms with Crippen molar-refractivity contribution in [3.8, 4) is 16.9 Å². The number of para-hydroxylation sites is 1. The molecule has 1 fully saturated rings. The summed E-state index contributed by atoms with van der Waals surface area (Å²) in [7, 11) is -8.66. The quantitative estimate of drug-likeness (QED) is 0.0854. The summed E-state index contributed by atoms with van der Waals surface area (Å²) >= 11 is 0. The molecule has 0 aliphatic carbocycles. The Morgan fingerprint density at radius 3 is 2.12 bits per heavy atom. The van der Waals surface area contributed by atoms with E-state index in [2.05, 4.69) is 81.1 Å². The van der Waals surface area contributed by atoms with Crippen molar-refractivity contribution in [1.29, 1.82) is 0 Å². The molecule has 1 saturated heterocycles. The van der Waals surface area contributed by atoms with Gasteiger partial charge in [-0.15, -0.1) is 0 Å². The Morgan fingerprint density at radius 2 is 1.57 bits per heavy atom. The highest BCUT2D eigenvalue weighted by atomic mass is 31.2. The molecule has 0 bridgehead atoms. The lowest BCUT2D eigenvalue weighted by Gasteiger charge is -2.54. The van der Waals surface area contributed by atoms with E-state index < -0.39 is 42.8 Å². The number of ether oxygens (including phenoxy) is 2. The predicted molar refractivity (Wildman–Crippen MR) is 237 cm³/mol. The Morgan fingerprint density at radius 1 is 0.966 bits per heavy atom. The Hall–Kier alpha value is -2.97. The Balaban J connectivity index is 1.82. The van der Waals surface area contributed by atoms with Crippen LogP contribution in [0.4, 0.5) is 4.39 Å². The molecule has 3 aromatic rings. The van der Waals surface area contributed by atoms with Crippen molar-refractivity contribution in [2.45, 2.75) is 148 Å². The minimum atomic E-state index is -4.18. The normalized spacial score (nSPS) is 18.8. The zero-order valence-electron chi connectivity index (χ0n) is 37.0. The number of halogens is 1. The number of carbonyl (C=O) groups excluding carboxylic acids is 1. The van der Waals surface area contributed by atoms with Gasteiger partial charge in [0, 0.05) is 41.4 Å².